The minimum Gasteiger partial charge on any atom is -0.348 e. The van der Waals surface area contributed by atoms with Crippen LogP contribution in [-0.2, 0) is 19.2 Å². The standard InChI is InChI=1S/C14H21NO.C9H15NO3/c1-4-5-11-13(14(16)15(2)3)12-9-7-6-8-10-12;1-3-4-5-8(12)9(13)10-6-7(2)11/h6-10,13H,4-5,11H2,1-3H3;3-6H2,1-2H3,(H,10,13). The van der Waals surface area contributed by atoms with Crippen LogP contribution >= 0.6 is 0 Å². The lowest BCUT2D eigenvalue weighted by atomic mass is 9.92. The first-order valence-electron chi connectivity index (χ1n) is 10.3. The molecule has 0 fully saturated rings. The average Bonchev–Trinajstić information content (AvgIpc) is 2.71. The van der Waals surface area contributed by atoms with E-state index < -0.39 is 11.7 Å². The molecule has 0 saturated carbocycles. The molecule has 0 radical (unpaired) electrons. The molecule has 0 spiro atoms. The third-order valence-electron chi connectivity index (χ3n) is 4.30. The van der Waals surface area contributed by atoms with Crippen LogP contribution in [0.1, 0.15) is 70.8 Å². The smallest absolute Gasteiger partial charge is 0.287 e. The number of hydrogen-bond donors (Lipinski definition) is 1. The molecule has 6 nitrogen and oxygen atoms in total. The molecule has 162 valence electrons. The summed E-state index contributed by atoms with van der Waals surface area (Å²) in [6.45, 7) is 5.40. The van der Waals surface area contributed by atoms with Crippen LogP contribution in [-0.4, -0.2) is 48.9 Å². The Morgan fingerprint density at radius 1 is 0.966 bits per heavy atom. The van der Waals surface area contributed by atoms with E-state index in [0.29, 0.717) is 6.42 Å². The quantitative estimate of drug-likeness (QED) is 0.572. The zero-order chi connectivity index (χ0) is 22.2. The number of benzene rings is 1. The molecule has 29 heavy (non-hydrogen) atoms. The molecule has 0 saturated heterocycles. The highest BCUT2D eigenvalue weighted by molar-refractivity contribution is 6.36. The van der Waals surface area contributed by atoms with Crippen molar-refractivity contribution < 1.29 is 19.2 Å². The lowest BCUT2D eigenvalue weighted by Gasteiger charge is -2.20. The average molecular weight is 405 g/mol. The Kier molecular flexibility index (Phi) is 14.1. The molecule has 1 aromatic carbocycles. The number of ketones is 2. The van der Waals surface area contributed by atoms with Crippen molar-refractivity contribution in [3.8, 4) is 0 Å². The van der Waals surface area contributed by atoms with E-state index in [1.54, 1.807) is 4.90 Å². The molecule has 1 atom stereocenters. The second-order valence-electron chi connectivity index (χ2n) is 7.25. The number of carbonyl (C=O) groups excluding carboxylic acids is 4. The molecule has 0 aliphatic carbocycles. The number of nitrogens with one attached hydrogen (secondary N) is 1. The van der Waals surface area contributed by atoms with Crippen molar-refractivity contribution in [2.24, 2.45) is 0 Å². The van der Waals surface area contributed by atoms with E-state index in [1.807, 2.05) is 51.4 Å². The fourth-order valence-corrected chi connectivity index (χ4v) is 2.59. The molecule has 0 aliphatic heterocycles. The molecule has 0 aliphatic rings. The molecule has 0 bridgehead atoms. The van der Waals surface area contributed by atoms with Gasteiger partial charge in [-0.3, -0.25) is 19.2 Å². The summed E-state index contributed by atoms with van der Waals surface area (Å²) in [6, 6.07) is 10.1. The van der Waals surface area contributed by atoms with Gasteiger partial charge in [-0.2, -0.15) is 0 Å². The van der Waals surface area contributed by atoms with Crippen molar-refractivity contribution >= 4 is 23.4 Å². The van der Waals surface area contributed by atoms with E-state index in [4.69, 9.17) is 0 Å². The zero-order valence-electron chi connectivity index (χ0n) is 18.5. The van der Waals surface area contributed by atoms with Crippen LogP contribution in [0.3, 0.4) is 0 Å². The van der Waals surface area contributed by atoms with Crippen molar-refractivity contribution in [3.63, 3.8) is 0 Å². The van der Waals surface area contributed by atoms with E-state index in [9.17, 15) is 19.2 Å². The van der Waals surface area contributed by atoms with Crippen LogP contribution in [0, 0.1) is 0 Å². The first-order valence-corrected chi connectivity index (χ1v) is 10.3. The summed E-state index contributed by atoms with van der Waals surface area (Å²) in [5.41, 5.74) is 1.13. The number of rotatable bonds is 11. The van der Waals surface area contributed by atoms with Crippen molar-refractivity contribution in [3.05, 3.63) is 35.9 Å². The molecule has 1 rings (SSSR count). The maximum Gasteiger partial charge on any atom is 0.287 e. The Labute approximate surface area is 175 Å². The third kappa shape index (κ3) is 11.8. The van der Waals surface area contributed by atoms with Crippen molar-refractivity contribution in [1.29, 1.82) is 0 Å². The summed E-state index contributed by atoms with van der Waals surface area (Å²) in [4.78, 5) is 46.2. The van der Waals surface area contributed by atoms with Gasteiger partial charge in [0.05, 0.1) is 12.5 Å². The lowest BCUT2D eigenvalue weighted by molar-refractivity contribution is -0.138. The lowest BCUT2D eigenvalue weighted by Crippen LogP contribution is -2.34. The highest BCUT2D eigenvalue weighted by Gasteiger charge is 2.21. The Bertz CT molecular complexity index is 642. The van der Waals surface area contributed by atoms with Gasteiger partial charge in [0.2, 0.25) is 11.7 Å². The number of Topliss-reactive ketones (excluding diaryl/α,β-unsaturated/α-hetero) is 2. The molecule has 6 heteroatoms. The normalized spacial score (nSPS) is 10.9. The van der Waals surface area contributed by atoms with Gasteiger partial charge in [-0.05, 0) is 25.3 Å². The fourth-order valence-electron chi connectivity index (χ4n) is 2.59. The van der Waals surface area contributed by atoms with Gasteiger partial charge in [-0.15, -0.1) is 0 Å². The Hall–Kier alpha value is -2.50. The molecule has 1 unspecified atom stereocenters. The second-order valence-corrected chi connectivity index (χ2v) is 7.25. The molecular weight excluding hydrogens is 368 g/mol. The number of carbonyl (C=O) groups is 4. The first-order chi connectivity index (χ1) is 13.7. The van der Waals surface area contributed by atoms with E-state index >= 15 is 0 Å². The van der Waals surface area contributed by atoms with Gasteiger partial charge in [0.25, 0.3) is 5.91 Å². The highest BCUT2D eigenvalue weighted by Crippen LogP contribution is 2.23. The minimum atomic E-state index is -0.649. The summed E-state index contributed by atoms with van der Waals surface area (Å²) < 4.78 is 0. The van der Waals surface area contributed by atoms with E-state index in [1.165, 1.54) is 6.92 Å². The van der Waals surface area contributed by atoms with Gasteiger partial charge < -0.3 is 10.2 Å². The predicted octanol–water partition coefficient (Wildman–Crippen LogP) is 3.50. The van der Waals surface area contributed by atoms with Gasteiger partial charge in [0, 0.05) is 20.5 Å². The number of nitrogens with zero attached hydrogens (tertiary/aromatic N) is 1. The Morgan fingerprint density at radius 2 is 1.55 bits per heavy atom. The van der Waals surface area contributed by atoms with Gasteiger partial charge in [-0.1, -0.05) is 63.4 Å². The van der Waals surface area contributed by atoms with E-state index in [2.05, 4.69) is 12.2 Å². The van der Waals surface area contributed by atoms with Crippen molar-refractivity contribution in [2.45, 2.75) is 65.2 Å². The van der Waals surface area contributed by atoms with Crippen LogP contribution in [0.4, 0.5) is 0 Å². The number of hydrogen-bond acceptors (Lipinski definition) is 4. The summed E-state index contributed by atoms with van der Waals surface area (Å²) in [5.74, 6) is -1.01. The maximum absolute atomic E-state index is 12.1. The molecular formula is C23H36N2O4. The van der Waals surface area contributed by atoms with Crippen LogP contribution in [0.2, 0.25) is 0 Å². The van der Waals surface area contributed by atoms with Crippen LogP contribution < -0.4 is 5.32 Å². The number of unbranched alkanes of at least 4 members (excludes halogenated alkanes) is 2. The number of amides is 2. The Balaban J connectivity index is 0.000000555. The zero-order valence-corrected chi connectivity index (χ0v) is 18.5. The molecule has 0 heterocycles. The van der Waals surface area contributed by atoms with Crippen LogP contribution in [0.15, 0.2) is 30.3 Å². The molecule has 0 aromatic heterocycles. The van der Waals surface area contributed by atoms with Gasteiger partial charge >= 0.3 is 0 Å². The maximum atomic E-state index is 12.1. The van der Waals surface area contributed by atoms with E-state index in [-0.39, 0.29) is 30.6 Å². The monoisotopic (exact) mass is 404 g/mol. The summed E-state index contributed by atoms with van der Waals surface area (Å²) in [6.07, 6.45) is 5.03. The van der Waals surface area contributed by atoms with Crippen LogP contribution in [0.5, 0.6) is 0 Å². The van der Waals surface area contributed by atoms with Gasteiger partial charge in [0.15, 0.2) is 0 Å². The third-order valence-corrected chi connectivity index (χ3v) is 4.30. The SMILES string of the molecule is CCCCC(=O)C(=O)NCC(C)=O.CCCCC(C(=O)N(C)C)c1ccccc1. The summed E-state index contributed by atoms with van der Waals surface area (Å²) in [5, 5.41) is 2.25. The molecule has 2 amide bonds. The molecule has 1 aromatic rings. The highest BCUT2D eigenvalue weighted by atomic mass is 16.2. The van der Waals surface area contributed by atoms with Crippen LogP contribution in [0.25, 0.3) is 0 Å². The molecule has 1 N–H and O–H groups in total. The summed E-state index contributed by atoms with van der Waals surface area (Å²) >= 11 is 0. The topological polar surface area (TPSA) is 83.5 Å². The minimum absolute atomic E-state index is 0.0242. The fraction of sp³-hybridized carbons (Fsp3) is 0.565. The van der Waals surface area contributed by atoms with Crippen molar-refractivity contribution in [2.75, 3.05) is 20.6 Å². The Morgan fingerprint density at radius 3 is 2.03 bits per heavy atom. The number of likely N-dealkylation sites (N-methyl/N-ethyl adjacent to an activating group) is 1. The van der Waals surface area contributed by atoms with Gasteiger partial charge in [-0.25, -0.2) is 0 Å². The van der Waals surface area contributed by atoms with Gasteiger partial charge in [0.1, 0.15) is 5.78 Å². The largest absolute Gasteiger partial charge is 0.348 e. The second kappa shape index (κ2) is 15.4. The van der Waals surface area contributed by atoms with Crippen molar-refractivity contribution in [1.82, 2.24) is 10.2 Å². The summed E-state index contributed by atoms with van der Waals surface area (Å²) in [7, 11) is 3.65. The van der Waals surface area contributed by atoms with E-state index in [0.717, 1.165) is 31.2 Å². The predicted molar refractivity (Wildman–Crippen MR) is 116 cm³/mol. The first kappa shape index (κ1) is 26.5.